The second-order valence-electron chi connectivity index (χ2n) is 13.7. The second kappa shape index (κ2) is 13.2. The van der Waals surface area contributed by atoms with E-state index in [0.29, 0.717) is 39.6 Å². The van der Waals surface area contributed by atoms with Crippen LogP contribution in [0.5, 0.6) is 0 Å². The summed E-state index contributed by atoms with van der Waals surface area (Å²) in [7, 11) is 0.308. The maximum Gasteiger partial charge on any atom is 0.421 e. The lowest BCUT2D eigenvalue weighted by molar-refractivity contribution is 0.0303. The molecule has 0 unspecified atom stereocenters. The molecule has 0 spiro atoms. The number of likely N-dealkylation sites (N-methyl/N-ethyl adjacent to an activating group) is 2. The van der Waals surface area contributed by atoms with Crippen LogP contribution in [0.2, 0.25) is 0 Å². The number of thiophene rings is 1. The first kappa shape index (κ1) is 36.6. The molecule has 50 heavy (non-hydrogen) atoms. The topological polar surface area (TPSA) is 169 Å². The van der Waals surface area contributed by atoms with Gasteiger partial charge in [-0.05, 0) is 64.3 Å². The molecule has 3 heterocycles. The van der Waals surface area contributed by atoms with E-state index < -0.39 is 54.6 Å². The van der Waals surface area contributed by atoms with Crippen LogP contribution in [-0.2, 0) is 34.9 Å². The summed E-state index contributed by atoms with van der Waals surface area (Å²) in [6.45, 7) is 6.94. The number of carboxylic acid groups (broad SMARTS) is 1. The van der Waals surface area contributed by atoms with E-state index in [-0.39, 0.29) is 42.1 Å². The van der Waals surface area contributed by atoms with Crippen molar-refractivity contribution in [3.63, 3.8) is 0 Å². The highest BCUT2D eigenvalue weighted by molar-refractivity contribution is 7.92. The number of carbonyl (C=O) groups excluding carboxylic acids is 1. The van der Waals surface area contributed by atoms with Gasteiger partial charge in [0.2, 0.25) is 0 Å². The summed E-state index contributed by atoms with van der Waals surface area (Å²) in [5, 5.41) is 13.8. The molecule has 1 saturated carbocycles. The zero-order valence-electron chi connectivity index (χ0n) is 28.8. The molecule has 18 heteroatoms. The number of halogens is 1. The monoisotopic (exact) mass is 733 g/mol. The predicted octanol–water partition coefficient (Wildman–Crippen LogP) is 3.72. The lowest BCUT2D eigenvalue weighted by Crippen LogP contribution is -2.43. The maximum atomic E-state index is 15.6. The Kier molecular flexibility index (Phi) is 9.66. The highest BCUT2D eigenvalue weighted by Crippen LogP contribution is 2.45. The van der Waals surface area contributed by atoms with Gasteiger partial charge >= 0.3 is 17.9 Å². The van der Waals surface area contributed by atoms with Crippen LogP contribution in [0.15, 0.2) is 50.5 Å². The molecule has 4 aromatic rings. The molecular weight excluding hydrogens is 694 g/mol. The van der Waals surface area contributed by atoms with Crippen LogP contribution in [-0.4, -0.2) is 92.2 Å². The summed E-state index contributed by atoms with van der Waals surface area (Å²) in [4.78, 5) is 55.1. The standard InChI is InChI=1S/C32H40FN7O8S2/c1-31(2,3)48-30(45)36(6)13-12-35(5)24-9-8-20(14-23(24)33)18-39-27-22(26(41)38(28(39)42)19-21-16-34-37(7)17-21)15-25(49-27)50(46,47)40(29(43)44)32(4)10-11-32/h8-9,14-17H,10-13,18-19H2,1-7H3,(H,43,44). The van der Waals surface area contributed by atoms with Gasteiger partial charge in [-0.3, -0.25) is 18.6 Å². The van der Waals surface area contributed by atoms with E-state index in [1.165, 1.54) is 39.4 Å². The largest absolute Gasteiger partial charge is 0.464 e. The second-order valence-corrected chi connectivity index (χ2v) is 16.8. The summed E-state index contributed by atoms with van der Waals surface area (Å²) in [5.74, 6) is -0.609. The van der Waals surface area contributed by atoms with E-state index in [4.69, 9.17) is 4.74 Å². The van der Waals surface area contributed by atoms with Crippen molar-refractivity contribution in [2.75, 3.05) is 32.1 Å². The Morgan fingerprint density at radius 2 is 1.74 bits per heavy atom. The molecular formula is C32H40FN7O8S2. The summed E-state index contributed by atoms with van der Waals surface area (Å²) < 4.78 is 51.9. The van der Waals surface area contributed by atoms with Crippen LogP contribution in [0.25, 0.3) is 10.2 Å². The lowest BCUT2D eigenvalue weighted by Gasteiger charge is -2.27. The average Bonchev–Trinajstić information content (AvgIpc) is 3.37. The Morgan fingerprint density at radius 3 is 2.30 bits per heavy atom. The molecule has 15 nitrogen and oxygen atoms in total. The summed E-state index contributed by atoms with van der Waals surface area (Å²) >= 11 is 0.610. The minimum Gasteiger partial charge on any atom is -0.464 e. The van der Waals surface area contributed by atoms with Gasteiger partial charge < -0.3 is 19.6 Å². The van der Waals surface area contributed by atoms with Crippen molar-refractivity contribution in [3.8, 4) is 0 Å². The number of rotatable bonds is 11. The number of ether oxygens (including phenoxy) is 1. The molecule has 1 aliphatic rings. The number of hydrogen-bond acceptors (Lipinski definition) is 10. The molecule has 1 aliphatic carbocycles. The summed E-state index contributed by atoms with van der Waals surface area (Å²) in [6, 6.07) is 5.47. The van der Waals surface area contributed by atoms with Crippen molar-refractivity contribution in [2.24, 2.45) is 7.05 Å². The normalized spacial score (nSPS) is 14.1. The van der Waals surface area contributed by atoms with Crippen molar-refractivity contribution < 1.29 is 32.2 Å². The van der Waals surface area contributed by atoms with Gasteiger partial charge in [0, 0.05) is 46.0 Å². The fourth-order valence-corrected chi connectivity index (χ4v) is 8.58. The number of aromatic nitrogens is 4. The van der Waals surface area contributed by atoms with Gasteiger partial charge in [0.25, 0.3) is 15.6 Å². The fraction of sp³-hybridized carbons (Fsp3) is 0.469. The molecule has 0 saturated heterocycles. The Morgan fingerprint density at radius 1 is 1.08 bits per heavy atom. The Bertz CT molecular complexity index is 2200. The smallest absolute Gasteiger partial charge is 0.421 e. The third-order valence-electron chi connectivity index (χ3n) is 8.34. The number of fused-ring (bicyclic) bond motifs is 1. The number of anilines is 1. The highest BCUT2D eigenvalue weighted by Gasteiger charge is 2.53. The number of benzene rings is 1. The van der Waals surface area contributed by atoms with Gasteiger partial charge in [-0.1, -0.05) is 6.07 Å². The van der Waals surface area contributed by atoms with Crippen LogP contribution < -0.4 is 16.1 Å². The van der Waals surface area contributed by atoms with Crippen LogP contribution in [0, 0.1) is 5.82 Å². The predicted molar refractivity (Wildman–Crippen MR) is 185 cm³/mol. The van der Waals surface area contributed by atoms with Crippen LogP contribution in [0.1, 0.15) is 51.7 Å². The van der Waals surface area contributed by atoms with Gasteiger partial charge in [0.1, 0.15) is 20.5 Å². The molecule has 0 bridgehead atoms. The van der Waals surface area contributed by atoms with E-state index in [1.54, 1.807) is 59.1 Å². The van der Waals surface area contributed by atoms with Crippen molar-refractivity contribution in [3.05, 3.63) is 74.4 Å². The quantitative estimate of drug-likeness (QED) is 0.240. The maximum absolute atomic E-state index is 15.6. The molecule has 5 rings (SSSR count). The minimum absolute atomic E-state index is 0.000849. The van der Waals surface area contributed by atoms with Crippen molar-refractivity contribution >= 4 is 49.5 Å². The van der Waals surface area contributed by atoms with Crippen LogP contribution in [0.4, 0.5) is 19.7 Å². The van der Waals surface area contributed by atoms with Crippen LogP contribution >= 0.6 is 11.3 Å². The molecule has 0 aliphatic heterocycles. The lowest BCUT2D eigenvalue weighted by atomic mass is 10.1. The molecule has 0 radical (unpaired) electrons. The number of aryl methyl sites for hydroxylation is 1. The first-order valence-electron chi connectivity index (χ1n) is 15.7. The molecule has 1 aromatic carbocycles. The minimum atomic E-state index is -4.62. The van der Waals surface area contributed by atoms with Gasteiger partial charge in [0.05, 0.1) is 35.9 Å². The molecule has 3 aromatic heterocycles. The molecule has 1 N–H and O–H groups in total. The Hall–Kier alpha value is -4.71. The van der Waals surface area contributed by atoms with E-state index in [1.807, 2.05) is 0 Å². The number of carbonyl (C=O) groups is 2. The van der Waals surface area contributed by atoms with Gasteiger partial charge in [0.15, 0.2) is 0 Å². The number of hydrogen-bond donors (Lipinski definition) is 1. The first-order valence-corrected chi connectivity index (χ1v) is 17.9. The number of sulfonamides is 1. The van der Waals surface area contributed by atoms with Gasteiger partial charge in [-0.15, -0.1) is 11.3 Å². The zero-order valence-corrected chi connectivity index (χ0v) is 30.5. The Labute approximate surface area is 291 Å². The fourth-order valence-electron chi connectivity index (χ4n) is 5.41. The van der Waals surface area contributed by atoms with Gasteiger partial charge in [-0.2, -0.15) is 17.8 Å². The van der Waals surface area contributed by atoms with Gasteiger partial charge in [-0.25, -0.2) is 18.8 Å². The third-order valence-corrected chi connectivity index (χ3v) is 11.9. The highest BCUT2D eigenvalue weighted by atomic mass is 32.2. The first-order chi connectivity index (χ1) is 23.2. The molecule has 2 amide bonds. The van der Waals surface area contributed by atoms with Crippen molar-refractivity contribution in [2.45, 2.75) is 69.0 Å². The average molecular weight is 734 g/mol. The summed E-state index contributed by atoms with van der Waals surface area (Å²) in [5.41, 5.74) is -2.19. The molecule has 270 valence electrons. The van der Waals surface area contributed by atoms with Crippen LogP contribution in [0.3, 0.4) is 0 Å². The SMILES string of the molecule is CN(CCN(C)c1ccc(Cn2c(=O)n(Cc3cnn(C)c3)c(=O)c3cc(S(=O)(=O)N(C(=O)O)C4(C)CC4)sc32)cc1F)C(=O)OC(C)(C)C. The Balaban J connectivity index is 1.51. The number of amides is 2. The van der Waals surface area contributed by atoms with E-state index in [9.17, 15) is 32.7 Å². The zero-order chi connectivity index (χ0) is 36.9. The summed E-state index contributed by atoms with van der Waals surface area (Å²) in [6.07, 6.45) is 1.66. The van der Waals surface area contributed by atoms with Crippen molar-refractivity contribution in [1.82, 2.24) is 28.1 Å². The third kappa shape index (κ3) is 7.40. The van der Waals surface area contributed by atoms with Crippen molar-refractivity contribution in [1.29, 1.82) is 0 Å². The number of nitrogens with zero attached hydrogens (tertiary/aromatic N) is 7. The van der Waals surface area contributed by atoms with E-state index >= 15 is 4.39 Å². The van der Waals surface area contributed by atoms with E-state index in [2.05, 4.69) is 5.10 Å². The molecule has 0 atom stereocenters. The molecule has 1 fully saturated rings. The van der Waals surface area contributed by atoms with E-state index in [0.717, 1.165) is 10.6 Å².